The van der Waals surface area contributed by atoms with Crippen molar-refractivity contribution in [2.24, 2.45) is 4.99 Å². The summed E-state index contributed by atoms with van der Waals surface area (Å²) in [5.74, 6) is 1.20. The molecule has 0 aromatic carbocycles. The molecule has 10 heavy (non-hydrogen) atoms. The molecule has 0 aromatic rings. The minimum absolute atomic E-state index is 0.247. The zero-order chi connectivity index (χ0) is 6.97. The van der Waals surface area contributed by atoms with Gasteiger partial charge in [0.1, 0.15) is 6.67 Å². The Labute approximate surface area is 63.5 Å². The molecule has 0 N–H and O–H groups in total. The lowest BCUT2D eigenvalue weighted by molar-refractivity contribution is -0.141. The van der Waals surface area contributed by atoms with Gasteiger partial charge in [-0.15, -0.1) is 11.8 Å². The molecule has 2 aliphatic heterocycles. The van der Waals surface area contributed by atoms with Gasteiger partial charge >= 0.3 is 0 Å². The van der Waals surface area contributed by atoms with E-state index in [4.69, 9.17) is 0 Å². The zero-order valence-corrected chi connectivity index (χ0v) is 6.30. The van der Waals surface area contributed by atoms with Gasteiger partial charge in [-0.3, -0.25) is 9.79 Å². The Kier molecular flexibility index (Phi) is 1.41. The van der Waals surface area contributed by atoms with Crippen LogP contribution in [0.3, 0.4) is 0 Å². The number of hydrogen-bond donors (Lipinski definition) is 0. The van der Waals surface area contributed by atoms with E-state index < -0.39 is 0 Å². The highest BCUT2D eigenvalue weighted by Gasteiger charge is 2.36. The number of rotatable bonds is 0. The highest BCUT2D eigenvalue weighted by Crippen LogP contribution is 2.29. The van der Waals surface area contributed by atoms with Crippen LogP contribution in [0.2, 0.25) is 0 Å². The third-order valence-corrected chi connectivity index (χ3v) is 2.89. The van der Waals surface area contributed by atoms with Gasteiger partial charge in [0.2, 0.25) is 5.91 Å². The van der Waals surface area contributed by atoms with Crippen molar-refractivity contribution in [1.82, 2.24) is 4.90 Å². The van der Waals surface area contributed by atoms with Crippen molar-refractivity contribution in [2.45, 2.75) is 11.8 Å². The predicted octanol–water partition coefficient (Wildman–Crippen LogP) is 0.320. The van der Waals surface area contributed by atoms with Gasteiger partial charge in [-0.05, 0) is 0 Å². The molecule has 2 rings (SSSR count). The summed E-state index contributed by atoms with van der Waals surface area (Å²) in [5.41, 5.74) is 0. The maximum absolute atomic E-state index is 10.9. The van der Waals surface area contributed by atoms with Crippen LogP contribution >= 0.6 is 11.8 Å². The van der Waals surface area contributed by atoms with Gasteiger partial charge in [0.15, 0.2) is 0 Å². The lowest BCUT2D eigenvalue weighted by atomic mass is 10.2. The van der Waals surface area contributed by atoms with E-state index in [2.05, 4.69) is 4.99 Å². The third kappa shape index (κ3) is 0.831. The van der Waals surface area contributed by atoms with Crippen molar-refractivity contribution in [1.29, 1.82) is 0 Å². The Morgan fingerprint density at radius 2 is 2.70 bits per heavy atom. The summed E-state index contributed by atoms with van der Waals surface area (Å²) in [6.45, 7) is 0.580. The topological polar surface area (TPSA) is 32.7 Å². The molecule has 1 amide bonds. The van der Waals surface area contributed by atoms with Crippen molar-refractivity contribution in [2.75, 3.05) is 12.4 Å². The van der Waals surface area contributed by atoms with Crippen LogP contribution in [0.5, 0.6) is 0 Å². The Balaban J connectivity index is 2.06. The molecule has 2 heterocycles. The van der Waals surface area contributed by atoms with Crippen LogP contribution in [-0.2, 0) is 4.79 Å². The molecule has 4 heteroatoms. The van der Waals surface area contributed by atoms with E-state index in [1.165, 1.54) is 0 Å². The molecule has 0 aliphatic carbocycles. The molecule has 1 unspecified atom stereocenters. The summed E-state index contributed by atoms with van der Waals surface area (Å²) in [6.07, 6.45) is 2.60. The average Bonchev–Trinajstić information content (AvgIpc) is 2.09. The van der Waals surface area contributed by atoms with E-state index >= 15 is 0 Å². The van der Waals surface area contributed by atoms with E-state index in [1.807, 2.05) is 11.1 Å². The predicted molar refractivity (Wildman–Crippen MR) is 41.1 cm³/mol. The van der Waals surface area contributed by atoms with Gasteiger partial charge in [-0.25, -0.2) is 0 Å². The van der Waals surface area contributed by atoms with Crippen LogP contribution in [0.15, 0.2) is 4.99 Å². The number of carbonyl (C=O) groups is 1. The Hall–Kier alpha value is -0.510. The summed E-state index contributed by atoms with van der Waals surface area (Å²) >= 11 is 1.79. The van der Waals surface area contributed by atoms with Gasteiger partial charge in [0, 0.05) is 12.0 Å². The molecule has 54 valence electrons. The first-order chi connectivity index (χ1) is 4.88. The highest BCUT2D eigenvalue weighted by molar-refractivity contribution is 8.00. The SMILES string of the molecule is O=C1CC2SCC=NCN12. The number of amides is 1. The van der Waals surface area contributed by atoms with E-state index in [-0.39, 0.29) is 5.91 Å². The Morgan fingerprint density at radius 3 is 3.50 bits per heavy atom. The summed E-state index contributed by atoms with van der Waals surface area (Å²) in [5, 5.41) is 0.426. The van der Waals surface area contributed by atoms with E-state index in [0.29, 0.717) is 18.5 Å². The van der Waals surface area contributed by atoms with Crippen molar-refractivity contribution in [3.05, 3.63) is 0 Å². The lowest BCUT2D eigenvalue weighted by Gasteiger charge is -2.37. The molecular weight excluding hydrogens is 148 g/mol. The second-order valence-corrected chi connectivity index (χ2v) is 3.57. The highest BCUT2D eigenvalue weighted by atomic mass is 32.2. The fourth-order valence-electron chi connectivity index (χ4n) is 1.10. The molecule has 0 radical (unpaired) electrons. The summed E-state index contributed by atoms with van der Waals surface area (Å²) < 4.78 is 0. The Morgan fingerprint density at radius 1 is 1.80 bits per heavy atom. The maximum atomic E-state index is 10.9. The van der Waals surface area contributed by atoms with Crippen LogP contribution in [0, 0.1) is 0 Å². The fraction of sp³-hybridized carbons (Fsp3) is 0.667. The van der Waals surface area contributed by atoms with Crippen molar-refractivity contribution in [3.63, 3.8) is 0 Å². The van der Waals surface area contributed by atoms with Gasteiger partial charge < -0.3 is 4.90 Å². The molecule has 0 bridgehead atoms. The molecule has 0 spiro atoms. The third-order valence-electron chi connectivity index (χ3n) is 1.74. The number of aliphatic imine (C=N–C) groups is 1. The summed E-state index contributed by atoms with van der Waals surface area (Å²) in [7, 11) is 0. The van der Waals surface area contributed by atoms with Crippen molar-refractivity contribution in [3.8, 4) is 0 Å². The van der Waals surface area contributed by atoms with Gasteiger partial charge in [0.25, 0.3) is 0 Å². The molecule has 0 saturated carbocycles. The van der Waals surface area contributed by atoms with E-state index in [0.717, 1.165) is 5.75 Å². The second kappa shape index (κ2) is 2.27. The number of hydrogen-bond acceptors (Lipinski definition) is 3. The number of nitrogens with zero attached hydrogens (tertiary/aromatic N) is 2. The maximum Gasteiger partial charge on any atom is 0.227 e. The number of β-lactam (4-membered cyclic amide) rings is 1. The molecule has 1 fully saturated rings. The van der Waals surface area contributed by atoms with Crippen LogP contribution in [0.25, 0.3) is 0 Å². The van der Waals surface area contributed by atoms with Crippen molar-refractivity contribution >= 4 is 23.9 Å². The monoisotopic (exact) mass is 156 g/mol. The molecule has 2 aliphatic rings. The number of carbonyl (C=O) groups excluding carboxylic acids is 1. The minimum atomic E-state index is 0.247. The average molecular weight is 156 g/mol. The van der Waals surface area contributed by atoms with Crippen LogP contribution < -0.4 is 0 Å². The lowest BCUT2D eigenvalue weighted by Crippen LogP contribution is -2.50. The van der Waals surface area contributed by atoms with Gasteiger partial charge in [-0.2, -0.15) is 0 Å². The smallest absolute Gasteiger partial charge is 0.227 e. The van der Waals surface area contributed by atoms with E-state index in [1.54, 1.807) is 11.8 Å². The first-order valence-electron chi connectivity index (χ1n) is 3.27. The first kappa shape index (κ1) is 6.22. The standard InChI is InChI=1S/C6H8N2OS/c9-5-3-6-8(5)4-7-1-2-10-6/h1,6H,2-4H2. The quantitative estimate of drug-likeness (QED) is 0.473. The minimum Gasteiger partial charge on any atom is -0.311 e. The normalized spacial score (nSPS) is 31.0. The zero-order valence-electron chi connectivity index (χ0n) is 5.49. The van der Waals surface area contributed by atoms with Crippen molar-refractivity contribution < 1.29 is 4.79 Å². The molecule has 3 nitrogen and oxygen atoms in total. The van der Waals surface area contributed by atoms with E-state index in [9.17, 15) is 4.79 Å². The Bertz CT molecular complexity index is 192. The molecule has 0 aromatic heterocycles. The van der Waals surface area contributed by atoms with Gasteiger partial charge in [0.05, 0.1) is 11.8 Å². The van der Waals surface area contributed by atoms with Crippen LogP contribution in [0.4, 0.5) is 0 Å². The van der Waals surface area contributed by atoms with Crippen LogP contribution in [-0.4, -0.2) is 34.8 Å². The van der Waals surface area contributed by atoms with Crippen LogP contribution in [0.1, 0.15) is 6.42 Å². The molecular formula is C6H8N2OS. The molecule has 1 saturated heterocycles. The summed E-state index contributed by atoms with van der Waals surface area (Å²) in [6, 6.07) is 0. The fourth-order valence-corrected chi connectivity index (χ4v) is 2.13. The molecule has 1 atom stereocenters. The second-order valence-electron chi connectivity index (χ2n) is 2.36. The number of fused-ring (bicyclic) bond motifs is 1. The largest absolute Gasteiger partial charge is 0.311 e. The number of thioether (sulfide) groups is 1. The first-order valence-corrected chi connectivity index (χ1v) is 4.32. The van der Waals surface area contributed by atoms with Gasteiger partial charge in [-0.1, -0.05) is 0 Å². The summed E-state index contributed by atoms with van der Waals surface area (Å²) in [4.78, 5) is 16.7.